The second-order valence-corrected chi connectivity index (χ2v) is 4.02. The number of hydrogen-bond donors (Lipinski definition) is 2. The van der Waals surface area contributed by atoms with Crippen molar-refractivity contribution in [1.29, 1.82) is 0 Å². The van der Waals surface area contributed by atoms with E-state index in [0.29, 0.717) is 6.04 Å². The highest BCUT2D eigenvalue weighted by atomic mass is 16.1. The Balaban J connectivity index is 2.23. The molecule has 1 saturated heterocycles. The minimum absolute atomic E-state index is 0.0859. The molecule has 2 unspecified atom stereocenters. The van der Waals surface area contributed by atoms with Crippen LogP contribution in [0, 0.1) is 5.41 Å². The fourth-order valence-electron chi connectivity index (χ4n) is 2.72. The summed E-state index contributed by atoms with van der Waals surface area (Å²) in [6.45, 7) is 0.966. The highest BCUT2D eigenvalue weighted by Gasteiger charge is 2.48. The van der Waals surface area contributed by atoms with Gasteiger partial charge in [0, 0.05) is 6.04 Å². The van der Waals surface area contributed by atoms with Crippen molar-refractivity contribution >= 4 is 5.91 Å². The molecule has 68 valence electrons. The molecule has 1 aliphatic heterocycles. The molecule has 3 nitrogen and oxygen atoms in total. The third-order valence-electron chi connectivity index (χ3n) is 3.49. The first-order valence-electron chi connectivity index (χ1n) is 4.79. The second kappa shape index (κ2) is 2.73. The van der Waals surface area contributed by atoms with E-state index in [1.54, 1.807) is 0 Å². The lowest BCUT2D eigenvalue weighted by molar-refractivity contribution is -0.129. The molecule has 0 aromatic rings. The van der Waals surface area contributed by atoms with E-state index in [9.17, 15) is 4.79 Å². The lowest BCUT2D eigenvalue weighted by Crippen LogP contribution is -2.48. The summed E-state index contributed by atoms with van der Waals surface area (Å²) in [6.07, 6.45) is 5.49. The van der Waals surface area contributed by atoms with Gasteiger partial charge in [0.2, 0.25) is 5.91 Å². The Morgan fingerprint density at radius 2 is 2.25 bits per heavy atom. The molecule has 2 rings (SSSR count). The van der Waals surface area contributed by atoms with Gasteiger partial charge in [-0.3, -0.25) is 4.79 Å². The van der Waals surface area contributed by atoms with Gasteiger partial charge in [0.25, 0.3) is 0 Å². The lowest BCUT2D eigenvalue weighted by Gasteiger charge is -2.35. The highest BCUT2D eigenvalue weighted by Crippen LogP contribution is 2.42. The van der Waals surface area contributed by atoms with Gasteiger partial charge < -0.3 is 11.1 Å². The van der Waals surface area contributed by atoms with E-state index >= 15 is 0 Å². The van der Waals surface area contributed by atoms with Crippen LogP contribution in [0.15, 0.2) is 0 Å². The van der Waals surface area contributed by atoms with Gasteiger partial charge in [-0.05, 0) is 25.8 Å². The molecular weight excluding hydrogens is 152 g/mol. The third-order valence-corrected chi connectivity index (χ3v) is 3.49. The van der Waals surface area contributed by atoms with Crippen molar-refractivity contribution in [2.24, 2.45) is 11.1 Å². The van der Waals surface area contributed by atoms with Crippen LogP contribution in [0.3, 0.4) is 0 Å². The summed E-state index contributed by atoms with van der Waals surface area (Å²) in [5.41, 5.74) is 5.28. The molecule has 0 aromatic carbocycles. The number of carbonyl (C=O) groups excluding carboxylic acids is 1. The van der Waals surface area contributed by atoms with E-state index < -0.39 is 0 Å². The number of nitrogens with two attached hydrogens (primary N) is 1. The first-order chi connectivity index (χ1) is 5.76. The van der Waals surface area contributed by atoms with Crippen molar-refractivity contribution in [3.63, 3.8) is 0 Å². The molecular formula is C9H16N2O. The quantitative estimate of drug-likeness (QED) is 0.595. The van der Waals surface area contributed by atoms with Crippen LogP contribution >= 0.6 is 0 Å². The van der Waals surface area contributed by atoms with E-state index in [-0.39, 0.29) is 11.3 Å². The molecule has 1 amide bonds. The number of primary amides is 1. The molecule has 0 aromatic heterocycles. The Hall–Kier alpha value is -0.570. The first-order valence-corrected chi connectivity index (χ1v) is 4.79. The van der Waals surface area contributed by atoms with E-state index in [1.165, 1.54) is 12.8 Å². The predicted molar refractivity (Wildman–Crippen MR) is 46.5 cm³/mol. The summed E-state index contributed by atoms with van der Waals surface area (Å²) >= 11 is 0. The Morgan fingerprint density at radius 1 is 1.42 bits per heavy atom. The maximum absolute atomic E-state index is 11.3. The van der Waals surface area contributed by atoms with Gasteiger partial charge in [0.1, 0.15) is 0 Å². The predicted octanol–water partition coefficient (Wildman–Crippen LogP) is 0.394. The Bertz CT molecular complexity index is 205. The lowest BCUT2D eigenvalue weighted by atomic mass is 9.70. The number of hydrogen-bond acceptors (Lipinski definition) is 2. The number of carbonyl (C=O) groups is 1. The molecule has 1 saturated carbocycles. The molecule has 2 fully saturated rings. The van der Waals surface area contributed by atoms with Crippen LogP contribution in [0.5, 0.6) is 0 Å². The maximum atomic E-state index is 11.3. The Kier molecular flexibility index (Phi) is 1.83. The maximum Gasteiger partial charge on any atom is 0.225 e. The van der Waals surface area contributed by atoms with Gasteiger partial charge in [-0.25, -0.2) is 0 Å². The topological polar surface area (TPSA) is 55.1 Å². The normalized spacial score (nSPS) is 40.8. The molecule has 1 heterocycles. The Labute approximate surface area is 72.7 Å². The molecule has 12 heavy (non-hydrogen) atoms. The molecule has 0 radical (unpaired) electrons. The molecule has 1 aliphatic carbocycles. The van der Waals surface area contributed by atoms with Gasteiger partial charge in [-0.1, -0.05) is 12.8 Å². The van der Waals surface area contributed by atoms with Gasteiger partial charge in [0.05, 0.1) is 5.41 Å². The van der Waals surface area contributed by atoms with Gasteiger partial charge in [0.15, 0.2) is 0 Å². The van der Waals surface area contributed by atoms with E-state index in [2.05, 4.69) is 5.32 Å². The summed E-state index contributed by atoms with van der Waals surface area (Å²) in [5.74, 6) is -0.0859. The second-order valence-electron chi connectivity index (χ2n) is 4.02. The SMILES string of the molecule is NC(=O)C12CCCCC1NCC2. The molecule has 0 spiro atoms. The largest absolute Gasteiger partial charge is 0.369 e. The van der Waals surface area contributed by atoms with Crippen molar-refractivity contribution in [3.8, 4) is 0 Å². The van der Waals surface area contributed by atoms with Crippen molar-refractivity contribution in [2.45, 2.75) is 38.1 Å². The van der Waals surface area contributed by atoms with Crippen LogP contribution in [0.1, 0.15) is 32.1 Å². The minimum Gasteiger partial charge on any atom is -0.369 e. The number of fused-ring (bicyclic) bond motifs is 1. The van der Waals surface area contributed by atoms with Gasteiger partial charge in [-0.2, -0.15) is 0 Å². The molecule has 3 N–H and O–H groups in total. The first kappa shape index (κ1) is 8.05. The van der Waals surface area contributed by atoms with Crippen LogP contribution < -0.4 is 11.1 Å². The fraction of sp³-hybridized carbons (Fsp3) is 0.889. The number of amides is 1. The van der Waals surface area contributed by atoms with Gasteiger partial charge >= 0.3 is 0 Å². The number of nitrogens with one attached hydrogen (secondary N) is 1. The third kappa shape index (κ3) is 0.959. The van der Waals surface area contributed by atoms with Crippen molar-refractivity contribution < 1.29 is 4.79 Å². The van der Waals surface area contributed by atoms with Crippen molar-refractivity contribution in [3.05, 3.63) is 0 Å². The van der Waals surface area contributed by atoms with E-state index in [1.807, 2.05) is 0 Å². The fourth-order valence-corrected chi connectivity index (χ4v) is 2.72. The van der Waals surface area contributed by atoms with Crippen molar-refractivity contribution in [2.75, 3.05) is 6.54 Å². The molecule has 0 bridgehead atoms. The van der Waals surface area contributed by atoms with Crippen LogP contribution in [-0.4, -0.2) is 18.5 Å². The molecule has 2 atom stereocenters. The average molecular weight is 168 g/mol. The average Bonchev–Trinajstić information content (AvgIpc) is 2.48. The zero-order valence-corrected chi connectivity index (χ0v) is 7.31. The van der Waals surface area contributed by atoms with Gasteiger partial charge in [-0.15, -0.1) is 0 Å². The van der Waals surface area contributed by atoms with E-state index in [4.69, 9.17) is 5.73 Å². The van der Waals surface area contributed by atoms with E-state index in [0.717, 1.165) is 25.8 Å². The van der Waals surface area contributed by atoms with Crippen LogP contribution in [0.25, 0.3) is 0 Å². The Morgan fingerprint density at radius 3 is 2.92 bits per heavy atom. The monoisotopic (exact) mass is 168 g/mol. The summed E-state index contributed by atoms with van der Waals surface area (Å²) in [6, 6.07) is 0.378. The van der Waals surface area contributed by atoms with Crippen LogP contribution in [-0.2, 0) is 4.79 Å². The van der Waals surface area contributed by atoms with Crippen LogP contribution in [0.2, 0.25) is 0 Å². The summed E-state index contributed by atoms with van der Waals surface area (Å²) in [5, 5.41) is 3.38. The smallest absolute Gasteiger partial charge is 0.225 e. The highest BCUT2D eigenvalue weighted by molar-refractivity contribution is 5.82. The van der Waals surface area contributed by atoms with Crippen molar-refractivity contribution in [1.82, 2.24) is 5.32 Å². The zero-order chi connectivity index (χ0) is 8.60. The zero-order valence-electron chi connectivity index (χ0n) is 7.31. The molecule has 2 aliphatic rings. The minimum atomic E-state index is -0.182. The standard InChI is InChI=1S/C9H16N2O/c10-8(12)9-4-2-1-3-7(9)11-6-5-9/h7,11H,1-6H2,(H2,10,12). The molecule has 3 heteroatoms. The summed E-state index contributed by atoms with van der Waals surface area (Å²) in [7, 11) is 0. The summed E-state index contributed by atoms with van der Waals surface area (Å²) < 4.78 is 0. The number of rotatable bonds is 1. The summed E-state index contributed by atoms with van der Waals surface area (Å²) in [4.78, 5) is 11.3. The van der Waals surface area contributed by atoms with Crippen LogP contribution in [0.4, 0.5) is 0 Å².